The summed E-state index contributed by atoms with van der Waals surface area (Å²) in [6.07, 6.45) is 0. The van der Waals surface area contributed by atoms with E-state index in [0.29, 0.717) is 5.38 Å². The fraction of sp³-hybridized carbons (Fsp3) is 1.00. The molecular weight excluding hydrogens is 85.4 g/mol. The average Bonchev–Trinajstić information content (AvgIpc) is 0.811. The second-order valence-corrected chi connectivity index (χ2v) is 1.89. The molecule has 0 aromatic heterocycles. The molecule has 0 unspecified atom stereocenters. The van der Waals surface area contributed by atoms with Crippen molar-refractivity contribution < 1.29 is 0 Å². The Labute approximate surface area is 68.4 Å². The number of hydrogen-bond acceptors (Lipinski definition) is 0. The molecule has 0 aliphatic carbocycles. The van der Waals surface area contributed by atoms with Crippen molar-refractivity contribution in [1.82, 2.24) is 0 Å². The third-order valence-electron chi connectivity index (χ3n) is 0. The van der Waals surface area contributed by atoms with Gasteiger partial charge in [0.05, 0.1) is 0 Å². The van der Waals surface area contributed by atoms with E-state index in [-0.39, 0.29) is 37.7 Å². The van der Waals surface area contributed by atoms with Gasteiger partial charge in [0.25, 0.3) is 0 Å². The van der Waals surface area contributed by atoms with Crippen molar-refractivity contribution in [1.29, 1.82) is 0 Å². The molecule has 6 heavy (non-hydrogen) atoms. The summed E-state index contributed by atoms with van der Waals surface area (Å²) in [5.41, 5.74) is 0. The molecule has 0 heterocycles. The molecule has 0 aromatic rings. The Morgan fingerprint density at radius 3 is 1.17 bits per heavy atom. The molecule has 28 valence electrons. The van der Waals surface area contributed by atoms with E-state index in [1.54, 1.807) is 0 Å². The zero-order valence-electron chi connectivity index (χ0n) is 4.96. The zero-order valence-corrected chi connectivity index (χ0v) is 5.71. The molecule has 3 heteroatoms. The van der Waals surface area contributed by atoms with Gasteiger partial charge in [-0.1, -0.05) is 0 Å². The third-order valence-corrected chi connectivity index (χ3v) is 0. The molecule has 2 radical (unpaired) electrons. The Hall–Kier alpha value is 1.48. The van der Waals surface area contributed by atoms with Gasteiger partial charge in [-0.15, -0.1) is 11.6 Å². The number of alkyl halides is 1. The largest absolute Gasteiger partial charge is 0.124 e. The second kappa shape index (κ2) is 9.70. The van der Waals surface area contributed by atoms with Gasteiger partial charge in [0.2, 0.25) is 0 Å². The van der Waals surface area contributed by atoms with E-state index in [9.17, 15) is 0 Å². The molecule has 0 aromatic carbocycles. The molecule has 0 atom stereocenters. The van der Waals surface area contributed by atoms with E-state index in [1.807, 2.05) is 13.8 Å². The third kappa shape index (κ3) is 50.0. The minimum atomic E-state index is 0. The van der Waals surface area contributed by atoms with Crippen molar-refractivity contribution in [3.05, 3.63) is 0 Å². The summed E-state index contributed by atoms with van der Waals surface area (Å²) in [6, 6.07) is 0. The van der Waals surface area contributed by atoms with Crippen LogP contribution in [0.5, 0.6) is 0 Å². The van der Waals surface area contributed by atoms with Crippen LogP contribution in [0.1, 0.15) is 13.8 Å². The Balaban J connectivity index is -0.0000000450. The van der Waals surface area contributed by atoms with Crippen LogP contribution in [0, 0.1) is 0 Å². The first-order chi connectivity index (χ1) is 1.73. The van der Waals surface area contributed by atoms with Gasteiger partial charge in [-0.25, -0.2) is 0 Å². The Bertz CT molecular complexity index is 13.5. The maximum Gasteiger partial charge on any atom is 0.0279 e. The quantitative estimate of drug-likeness (QED) is 0.307. The zero-order chi connectivity index (χ0) is 3.58. The van der Waals surface area contributed by atoms with Crippen molar-refractivity contribution in [3.63, 3.8) is 0 Å². The van der Waals surface area contributed by atoms with Crippen molar-refractivity contribution in [3.8, 4) is 0 Å². The van der Waals surface area contributed by atoms with Gasteiger partial charge in [-0.2, -0.15) is 0 Å². The minimum absolute atomic E-state index is 0. The van der Waals surface area contributed by atoms with Crippen LogP contribution in [0.2, 0.25) is 0 Å². The van der Waals surface area contributed by atoms with E-state index < -0.39 is 0 Å². The monoisotopic (exact) mass is 92.1 g/mol. The molecule has 0 fully saturated rings. The summed E-state index contributed by atoms with van der Waals surface area (Å²) in [5.74, 6) is 0. The van der Waals surface area contributed by atoms with Gasteiger partial charge in [0.1, 0.15) is 0 Å². The van der Waals surface area contributed by atoms with E-state index >= 15 is 0 Å². The van der Waals surface area contributed by atoms with Crippen molar-refractivity contribution in [2.24, 2.45) is 0 Å². The molecule has 0 saturated carbocycles. The fourth-order valence-corrected chi connectivity index (χ4v) is 0. The normalized spacial score (nSPS) is 6.00. The van der Waals surface area contributed by atoms with E-state index in [2.05, 4.69) is 0 Å². The van der Waals surface area contributed by atoms with E-state index in [4.69, 9.17) is 11.6 Å². The van der Waals surface area contributed by atoms with Gasteiger partial charge >= 0.3 is 0 Å². The van der Waals surface area contributed by atoms with Crippen LogP contribution in [0.15, 0.2) is 0 Å². The predicted molar refractivity (Wildman–Crippen MR) is 32.5 cm³/mol. The molecule has 0 amide bonds. The van der Waals surface area contributed by atoms with E-state index in [1.165, 1.54) is 0 Å². The van der Waals surface area contributed by atoms with Crippen LogP contribution in [0.3, 0.4) is 0 Å². The van der Waals surface area contributed by atoms with Crippen LogP contribution in [-0.2, 0) is 0 Å². The van der Waals surface area contributed by atoms with E-state index in [0.717, 1.165) is 0 Å². The maximum atomic E-state index is 5.27. The Kier molecular flexibility index (Phi) is 25.3. The van der Waals surface area contributed by atoms with Crippen LogP contribution < -0.4 is 0 Å². The van der Waals surface area contributed by atoms with Gasteiger partial charge < -0.3 is 0 Å². The minimum Gasteiger partial charge on any atom is -0.124 e. The molecule has 0 aliphatic rings. The smallest absolute Gasteiger partial charge is 0.0279 e. The van der Waals surface area contributed by atoms with Gasteiger partial charge in [0, 0.05) is 43.1 Å². The summed E-state index contributed by atoms with van der Waals surface area (Å²) in [4.78, 5) is 0. The fourth-order valence-electron chi connectivity index (χ4n) is 0. The maximum absolute atomic E-state index is 5.27. The summed E-state index contributed by atoms with van der Waals surface area (Å²) >= 11 is 5.27. The summed E-state index contributed by atoms with van der Waals surface area (Å²) in [7, 11) is 0. The molecule has 0 bridgehead atoms. The van der Waals surface area contributed by atoms with Crippen LogP contribution in [0.4, 0.5) is 0 Å². The summed E-state index contributed by atoms with van der Waals surface area (Å²) in [5, 5.41) is 0.306. The molecule has 0 N–H and O–H groups in total. The molecule has 0 rings (SSSR count). The van der Waals surface area contributed by atoms with Crippen molar-refractivity contribution in [2.75, 3.05) is 0 Å². The molecule has 0 aliphatic heterocycles. The predicted octanol–water partition coefficient (Wildman–Crippen LogP) is 0.872. The summed E-state index contributed by atoms with van der Waals surface area (Å²) in [6.45, 7) is 3.86. The molecule has 0 saturated heterocycles. The van der Waals surface area contributed by atoms with Gasteiger partial charge in [-0.3, -0.25) is 0 Å². The SMILES string of the molecule is CC(C)Cl.[Li].[Li]. The van der Waals surface area contributed by atoms with Gasteiger partial charge in [0.15, 0.2) is 0 Å². The topological polar surface area (TPSA) is 0 Å². The Morgan fingerprint density at radius 1 is 1.17 bits per heavy atom. The number of halogens is 1. The second-order valence-electron chi connectivity index (χ2n) is 1.01. The van der Waals surface area contributed by atoms with Crippen molar-refractivity contribution >= 4 is 49.3 Å². The number of hydrogen-bond donors (Lipinski definition) is 0. The molecular formula is C3H7ClLi2. The van der Waals surface area contributed by atoms with Crippen LogP contribution in [0.25, 0.3) is 0 Å². The first-order valence-electron chi connectivity index (χ1n) is 1.37. The first kappa shape index (κ1) is 15.6. The van der Waals surface area contributed by atoms with Crippen molar-refractivity contribution in [2.45, 2.75) is 19.2 Å². The average molecular weight is 92.4 g/mol. The molecule has 0 nitrogen and oxygen atoms in total. The molecule has 0 spiro atoms. The van der Waals surface area contributed by atoms with Crippen LogP contribution in [-0.4, -0.2) is 43.1 Å². The number of rotatable bonds is 0. The van der Waals surface area contributed by atoms with Gasteiger partial charge in [-0.05, 0) is 13.8 Å². The first-order valence-corrected chi connectivity index (χ1v) is 1.81. The summed E-state index contributed by atoms with van der Waals surface area (Å²) < 4.78 is 0. The Morgan fingerprint density at radius 2 is 1.17 bits per heavy atom. The van der Waals surface area contributed by atoms with Crippen LogP contribution >= 0.6 is 11.6 Å². The standard InChI is InChI=1S/C3H7Cl.2Li/c1-3(2)4;;/h3H,1-2H3;;.